The molecule has 3 aromatic rings. The number of nitrogens with one attached hydrogen (secondary N) is 3. The molecule has 1 aromatic heterocycles. The molecule has 0 bridgehead atoms. The summed E-state index contributed by atoms with van der Waals surface area (Å²) in [6, 6.07) is 12.3. The van der Waals surface area contributed by atoms with E-state index >= 15 is 0 Å². The summed E-state index contributed by atoms with van der Waals surface area (Å²) in [5.74, 6) is -0.218. The number of aliphatic carboxylic acids is 1. The molecule has 0 saturated heterocycles. The topological polar surface area (TPSA) is 147 Å². The number of aryl methyl sites for hydroxylation is 2. The number of carbonyl (C=O) groups is 3. The molecule has 0 aliphatic rings. The smallest absolute Gasteiger partial charge is 0.323 e. The summed E-state index contributed by atoms with van der Waals surface area (Å²) in [7, 11) is 1.51. The summed E-state index contributed by atoms with van der Waals surface area (Å²) < 4.78 is 6.98. The largest absolute Gasteiger partial charge is 0.495 e. The Labute approximate surface area is 228 Å². The highest BCUT2D eigenvalue weighted by Crippen LogP contribution is 2.26. The van der Waals surface area contributed by atoms with Gasteiger partial charge in [-0.1, -0.05) is 38.1 Å². The molecule has 2 unspecified atom stereocenters. The summed E-state index contributed by atoms with van der Waals surface area (Å²) >= 11 is 0. The maximum absolute atomic E-state index is 12.5. The summed E-state index contributed by atoms with van der Waals surface area (Å²) in [6.07, 6.45) is 3.13. The minimum atomic E-state index is -0.872. The lowest BCUT2D eigenvalue weighted by atomic mass is 10.1. The first kappa shape index (κ1) is 29.2. The lowest BCUT2D eigenvalue weighted by molar-refractivity contribution is -0.141. The molecule has 3 rings (SSSR count). The van der Waals surface area contributed by atoms with Gasteiger partial charge in [0.05, 0.1) is 31.7 Å². The molecular weight excluding hydrogens is 500 g/mol. The van der Waals surface area contributed by atoms with Crippen molar-refractivity contribution in [2.24, 2.45) is 11.8 Å². The number of ether oxygens (including phenoxy) is 1. The molecule has 39 heavy (non-hydrogen) atoms. The molecular formula is C28H36N6O5. The van der Waals surface area contributed by atoms with Crippen molar-refractivity contribution in [3.05, 3.63) is 65.7 Å². The molecule has 0 radical (unpaired) electrons. The maximum atomic E-state index is 12.5. The number of rotatable bonds is 13. The number of nitrogens with zero attached hydrogens (tertiary/aromatic N) is 3. The van der Waals surface area contributed by atoms with Gasteiger partial charge in [0.15, 0.2) is 5.82 Å². The second kappa shape index (κ2) is 13.9. The molecule has 4 N–H and O–H groups in total. The van der Waals surface area contributed by atoms with Gasteiger partial charge in [-0.05, 0) is 48.6 Å². The van der Waals surface area contributed by atoms with E-state index in [2.05, 4.69) is 26.0 Å². The third-order valence-corrected chi connectivity index (χ3v) is 6.25. The molecule has 11 nitrogen and oxygen atoms in total. The highest BCUT2D eigenvalue weighted by atomic mass is 16.5. The van der Waals surface area contributed by atoms with Crippen LogP contribution in [0.2, 0.25) is 0 Å². The van der Waals surface area contributed by atoms with Crippen molar-refractivity contribution in [2.75, 3.05) is 24.3 Å². The lowest BCUT2D eigenvalue weighted by Gasteiger charge is -2.14. The molecule has 0 spiro atoms. The Bertz CT molecular complexity index is 1290. The van der Waals surface area contributed by atoms with Crippen LogP contribution in [0.5, 0.6) is 5.75 Å². The van der Waals surface area contributed by atoms with Crippen LogP contribution in [-0.2, 0) is 29.0 Å². The van der Waals surface area contributed by atoms with Crippen LogP contribution in [-0.4, -0.2) is 51.4 Å². The number of amides is 3. The molecule has 0 aliphatic carbocycles. The van der Waals surface area contributed by atoms with Gasteiger partial charge < -0.3 is 25.8 Å². The lowest BCUT2D eigenvalue weighted by Crippen LogP contribution is -2.29. The number of anilines is 2. The van der Waals surface area contributed by atoms with Gasteiger partial charge >= 0.3 is 12.0 Å². The van der Waals surface area contributed by atoms with Gasteiger partial charge in [-0.3, -0.25) is 14.3 Å². The van der Waals surface area contributed by atoms with E-state index in [9.17, 15) is 14.4 Å². The van der Waals surface area contributed by atoms with E-state index in [1.165, 1.54) is 7.11 Å². The van der Waals surface area contributed by atoms with E-state index in [-0.39, 0.29) is 30.8 Å². The molecule has 0 aliphatic heterocycles. The van der Waals surface area contributed by atoms with E-state index in [0.717, 1.165) is 17.5 Å². The van der Waals surface area contributed by atoms with Gasteiger partial charge in [-0.25, -0.2) is 9.78 Å². The van der Waals surface area contributed by atoms with Crippen molar-refractivity contribution in [3.8, 4) is 5.75 Å². The fraction of sp³-hybridized carbons (Fsp3) is 0.393. The minimum absolute atomic E-state index is 0.119. The minimum Gasteiger partial charge on any atom is -0.495 e. The third kappa shape index (κ3) is 9.13. The highest BCUT2D eigenvalue weighted by molar-refractivity contribution is 6.01. The van der Waals surface area contributed by atoms with Crippen LogP contribution in [0.4, 0.5) is 16.2 Å². The second-order valence-corrected chi connectivity index (χ2v) is 9.68. The van der Waals surface area contributed by atoms with Crippen LogP contribution < -0.4 is 20.7 Å². The summed E-state index contributed by atoms with van der Waals surface area (Å²) in [6.45, 7) is 6.36. The van der Waals surface area contributed by atoms with Crippen molar-refractivity contribution >= 4 is 29.3 Å². The third-order valence-electron chi connectivity index (χ3n) is 6.25. The monoisotopic (exact) mass is 536 g/mol. The second-order valence-electron chi connectivity index (χ2n) is 9.68. The highest BCUT2D eigenvalue weighted by Gasteiger charge is 2.14. The van der Waals surface area contributed by atoms with Gasteiger partial charge in [0, 0.05) is 18.7 Å². The Morgan fingerprint density at radius 2 is 1.82 bits per heavy atom. The van der Waals surface area contributed by atoms with Crippen molar-refractivity contribution in [2.45, 2.75) is 46.6 Å². The zero-order valence-corrected chi connectivity index (χ0v) is 22.7. The van der Waals surface area contributed by atoms with E-state index in [0.29, 0.717) is 35.9 Å². The number of benzene rings is 2. The first-order chi connectivity index (χ1) is 18.6. The van der Waals surface area contributed by atoms with Crippen LogP contribution in [0.15, 0.2) is 48.8 Å². The Kier molecular flexibility index (Phi) is 10.4. The van der Waals surface area contributed by atoms with Crippen LogP contribution in [0.25, 0.3) is 0 Å². The number of hydrogen-bond acceptors (Lipinski definition) is 6. The van der Waals surface area contributed by atoms with Crippen LogP contribution >= 0.6 is 0 Å². The average molecular weight is 537 g/mol. The molecule has 0 saturated carbocycles. The molecule has 3 amide bonds. The maximum Gasteiger partial charge on any atom is 0.323 e. The van der Waals surface area contributed by atoms with E-state index in [1.54, 1.807) is 36.1 Å². The molecule has 2 aromatic carbocycles. The molecule has 11 heteroatoms. The fourth-order valence-electron chi connectivity index (χ4n) is 3.85. The van der Waals surface area contributed by atoms with E-state index in [4.69, 9.17) is 9.84 Å². The molecule has 2 atom stereocenters. The first-order valence-corrected chi connectivity index (χ1v) is 12.8. The summed E-state index contributed by atoms with van der Waals surface area (Å²) in [5.41, 5.74) is 2.92. The number of methoxy groups -OCH3 is 1. The van der Waals surface area contributed by atoms with Crippen molar-refractivity contribution in [3.63, 3.8) is 0 Å². The number of hydrogen-bond donors (Lipinski definition) is 4. The average Bonchev–Trinajstić information content (AvgIpc) is 3.35. The first-order valence-electron chi connectivity index (χ1n) is 12.8. The number of carboxylic acids is 1. The van der Waals surface area contributed by atoms with Gasteiger partial charge in [0.1, 0.15) is 12.1 Å². The molecule has 0 fully saturated rings. The summed E-state index contributed by atoms with van der Waals surface area (Å²) in [4.78, 5) is 40.2. The van der Waals surface area contributed by atoms with Crippen molar-refractivity contribution in [1.29, 1.82) is 0 Å². The quantitative estimate of drug-likeness (QED) is 0.259. The number of carboxylic acid groups (broad SMARTS) is 1. The predicted molar refractivity (Wildman–Crippen MR) is 148 cm³/mol. The molecule has 208 valence electrons. The standard InChI is InChI=1S/C28H36N6O5/c1-18(9-12-25-30-17-34(33-25)16-20(3)27(36)37)15-29-26(35)14-21-10-11-23(24(13-21)39-4)32-28(38)31-22-8-6-5-7-19(22)2/h5-8,10-11,13,17-18,20H,9,12,14-16H2,1-4H3,(H,29,35)(H,36,37)(H2,31,32,38). The van der Waals surface area contributed by atoms with Crippen LogP contribution in [0.1, 0.15) is 37.2 Å². The Balaban J connectivity index is 1.44. The molecule has 1 heterocycles. The number of aromatic nitrogens is 3. The zero-order chi connectivity index (χ0) is 28.4. The number of carbonyl (C=O) groups excluding carboxylic acids is 2. The van der Waals surface area contributed by atoms with Gasteiger partial charge in [0.25, 0.3) is 0 Å². The van der Waals surface area contributed by atoms with Gasteiger partial charge in [-0.2, -0.15) is 5.10 Å². The van der Waals surface area contributed by atoms with Crippen LogP contribution in [0, 0.1) is 18.8 Å². The van der Waals surface area contributed by atoms with Crippen LogP contribution in [0.3, 0.4) is 0 Å². The normalized spacial score (nSPS) is 12.3. The summed E-state index contributed by atoms with van der Waals surface area (Å²) in [5, 5.41) is 21.9. The number of urea groups is 1. The van der Waals surface area contributed by atoms with E-state index in [1.807, 2.05) is 38.1 Å². The van der Waals surface area contributed by atoms with Gasteiger partial charge in [-0.15, -0.1) is 0 Å². The predicted octanol–water partition coefficient (Wildman–Crippen LogP) is 3.89. The zero-order valence-electron chi connectivity index (χ0n) is 22.7. The van der Waals surface area contributed by atoms with Crippen molar-refractivity contribution < 1.29 is 24.2 Å². The van der Waals surface area contributed by atoms with Crippen molar-refractivity contribution in [1.82, 2.24) is 20.1 Å². The Morgan fingerprint density at radius 1 is 1.08 bits per heavy atom. The SMILES string of the molecule is COc1cc(CC(=O)NCC(C)CCc2ncn(CC(C)C(=O)O)n2)ccc1NC(=O)Nc1ccccc1C. The van der Waals surface area contributed by atoms with Gasteiger partial charge in [0.2, 0.25) is 5.91 Å². The Hall–Kier alpha value is -4.41. The fourth-order valence-corrected chi connectivity index (χ4v) is 3.85. The number of para-hydroxylation sites is 1. The Morgan fingerprint density at radius 3 is 2.54 bits per heavy atom. The van der Waals surface area contributed by atoms with E-state index < -0.39 is 11.9 Å².